The van der Waals surface area contributed by atoms with Gasteiger partial charge in [0.25, 0.3) is 0 Å². The van der Waals surface area contributed by atoms with Crippen LogP contribution in [-0.2, 0) is 21.4 Å². The number of rotatable bonds is 7. The van der Waals surface area contributed by atoms with Crippen LogP contribution in [-0.4, -0.2) is 29.6 Å². The van der Waals surface area contributed by atoms with Gasteiger partial charge in [0.2, 0.25) is 15.9 Å². The Morgan fingerprint density at radius 1 is 1.32 bits per heavy atom. The number of aryl methyl sites for hydroxylation is 1. The molecule has 0 radical (unpaired) electrons. The molecule has 0 aliphatic heterocycles. The first kappa shape index (κ1) is 20.1. The zero-order chi connectivity index (χ0) is 20.3. The van der Waals surface area contributed by atoms with E-state index in [4.69, 9.17) is 5.14 Å². The summed E-state index contributed by atoms with van der Waals surface area (Å²) in [5.41, 5.74) is 2.72. The maximum absolute atomic E-state index is 12.3. The highest BCUT2D eigenvalue weighted by Gasteiger charge is 2.15. The van der Waals surface area contributed by atoms with E-state index in [1.807, 2.05) is 28.8 Å². The molecule has 1 aromatic heterocycles. The summed E-state index contributed by atoms with van der Waals surface area (Å²) in [6.45, 7) is 6.00. The van der Waals surface area contributed by atoms with Gasteiger partial charge in [0.05, 0.1) is 21.7 Å². The quantitative estimate of drug-likeness (QED) is 0.455. The predicted octanol–water partition coefficient (Wildman–Crippen LogP) is 2.91. The number of allylic oxidation sites excluding steroid dienone is 1. The zero-order valence-corrected chi connectivity index (χ0v) is 16.9. The fourth-order valence-corrected chi connectivity index (χ4v) is 4.41. The number of carbonyl (C=O) groups excluding carboxylic acids is 1. The number of thioether (sulfide) groups is 1. The Morgan fingerprint density at radius 3 is 2.79 bits per heavy atom. The van der Waals surface area contributed by atoms with Crippen molar-refractivity contribution in [3.05, 3.63) is 60.7 Å². The molecule has 2 aromatic carbocycles. The van der Waals surface area contributed by atoms with Crippen LogP contribution in [0.4, 0.5) is 5.69 Å². The number of aromatic nitrogens is 2. The van der Waals surface area contributed by atoms with Crippen LogP contribution < -0.4 is 10.5 Å². The van der Waals surface area contributed by atoms with Crippen LogP contribution in [0.2, 0.25) is 0 Å². The van der Waals surface area contributed by atoms with Crippen molar-refractivity contribution in [1.29, 1.82) is 0 Å². The topological polar surface area (TPSA) is 107 Å². The van der Waals surface area contributed by atoms with E-state index in [0.717, 1.165) is 11.0 Å². The highest BCUT2D eigenvalue weighted by molar-refractivity contribution is 7.99. The van der Waals surface area contributed by atoms with E-state index in [1.54, 1.807) is 25.1 Å². The van der Waals surface area contributed by atoms with Crippen LogP contribution in [0.25, 0.3) is 11.0 Å². The van der Waals surface area contributed by atoms with E-state index >= 15 is 0 Å². The number of primary sulfonamides is 1. The number of amides is 1. The Bertz CT molecular complexity index is 1150. The monoisotopic (exact) mass is 416 g/mol. The minimum atomic E-state index is -3.85. The summed E-state index contributed by atoms with van der Waals surface area (Å²) >= 11 is 1.30. The number of anilines is 1. The molecular weight excluding hydrogens is 396 g/mol. The molecule has 3 aromatic rings. The van der Waals surface area contributed by atoms with Crippen LogP contribution in [0.1, 0.15) is 5.56 Å². The third-order valence-electron chi connectivity index (χ3n) is 4.04. The van der Waals surface area contributed by atoms with E-state index in [-0.39, 0.29) is 16.6 Å². The lowest BCUT2D eigenvalue weighted by atomic mass is 10.2. The Morgan fingerprint density at radius 2 is 2.07 bits per heavy atom. The number of sulfonamides is 1. The molecule has 7 nitrogen and oxygen atoms in total. The highest BCUT2D eigenvalue weighted by atomic mass is 32.2. The molecule has 1 amide bonds. The fourth-order valence-electron chi connectivity index (χ4n) is 2.78. The van der Waals surface area contributed by atoms with E-state index < -0.39 is 10.0 Å². The second-order valence-corrected chi connectivity index (χ2v) is 8.62. The van der Waals surface area contributed by atoms with Gasteiger partial charge in [0, 0.05) is 12.2 Å². The average molecular weight is 417 g/mol. The van der Waals surface area contributed by atoms with Crippen molar-refractivity contribution < 1.29 is 13.2 Å². The number of nitrogens with zero attached hydrogens (tertiary/aromatic N) is 2. The van der Waals surface area contributed by atoms with Gasteiger partial charge in [-0.05, 0) is 36.8 Å². The first-order valence-corrected chi connectivity index (χ1v) is 10.9. The third kappa shape index (κ3) is 4.44. The van der Waals surface area contributed by atoms with Crippen LogP contribution in [0, 0.1) is 6.92 Å². The van der Waals surface area contributed by atoms with Gasteiger partial charge in [-0.3, -0.25) is 4.79 Å². The molecule has 0 bridgehead atoms. The standard InChI is InChI=1S/C19H20N4O3S2/c1-3-10-23-16-7-5-4-6-15(16)22-19(23)27-12-18(24)21-14-9-8-13(2)17(11-14)28(20,25)26/h3-9,11H,1,10,12H2,2H3,(H,21,24)(H2,20,25,26). The van der Waals surface area contributed by atoms with Gasteiger partial charge in [-0.25, -0.2) is 18.5 Å². The largest absolute Gasteiger partial charge is 0.325 e. The van der Waals surface area contributed by atoms with Crippen molar-refractivity contribution in [2.24, 2.45) is 5.14 Å². The number of nitrogens with two attached hydrogens (primary N) is 1. The van der Waals surface area contributed by atoms with Gasteiger partial charge in [0.15, 0.2) is 5.16 Å². The number of imidazole rings is 1. The highest BCUT2D eigenvalue weighted by Crippen LogP contribution is 2.25. The summed E-state index contributed by atoms with van der Waals surface area (Å²) in [5.74, 6) is -0.148. The van der Waals surface area contributed by atoms with Gasteiger partial charge < -0.3 is 9.88 Å². The third-order valence-corrected chi connectivity index (χ3v) is 6.07. The molecule has 1 heterocycles. The maximum atomic E-state index is 12.3. The lowest BCUT2D eigenvalue weighted by molar-refractivity contribution is -0.113. The van der Waals surface area contributed by atoms with Crippen molar-refractivity contribution >= 4 is 44.4 Å². The molecule has 0 aliphatic rings. The number of para-hydroxylation sites is 2. The van der Waals surface area contributed by atoms with E-state index in [9.17, 15) is 13.2 Å². The number of fused-ring (bicyclic) bond motifs is 1. The minimum absolute atomic E-state index is 0.00858. The van der Waals surface area contributed by atoms with Crippen LogP contribution >= 0.6 is 11.8 Å². The molecule has 28 heavy (non-hydrogen) atoms. The smallest absolute Gasteiger partial charge is 0.238 e. The van der Waals surface area contributed by atoms with Gasteiger partial charge in [-0.1, -0.05) is 36.0 Å². The number of hydrogen-bond acceptors (Lipinski definition) is 5. The molecule has 146 valence electrons. The first-order chi connectivity index (χ1) is 13.3. The van der Waals surface area contributed by atoms with Gasteiger partial charge in [-0.15, -0.1) is 6.58 Å². The van der Waals surface area contributed by atoms with E-state index in [2.05, 4.69) is 16.9 Å². The van der Waals surface area contributed by atoms with Crippen LogP contribution in [0.5, 0.6) is 0 Å². The molecule has 0 aliphatic carbocycles. The molecule has 0 saturated heterocycles. The number of benzene rings is 2. The molecule has 0 atom stereocenters. The van der Waals surface area contributed by atoms with Crippen molar-refractivity contribution in [2.45, 2.75) is 23.5 Å². The first-order valence-electron chi connectivity index (χ1n) is 8.42. The van der Waals surface area contributed by atoms with Crippen molar-refractivity contribution in [3.8, 4) is 0 Å². The van der Waals surface area contributed by atoms with Crippen molar-refractivity contribution in [1.82, 2.24) is 9.55 Å². The lowest BCUT2D eigenvalue weighted by Crippen LogP contribution is -2.17. The molecule has 0 fully saturated rings. The van der Waals surface area contributed by atoms with E-state index in [1.165, 1.54) is 17.8 Å². The van der Waals surface area contributed by atoms with Crippen molar-refractivity contribution in [3.63, 3.8) is 0 Å². The number of nitrogens with one attached hydrogen (secondary N) is 1. The Balaban J connectivity index is 1.74. The molecule has 3 N–H and O–H groups in total. The maximum Gasteiger partial charge on any atom is 0.238 e. The number of carbonyl (C=O) groups is 1. The second kappa shape index (κ2) is 8.17. The Kier molecular flexibility index (Phi) is 5.87. The summed E-state index contributed by atoms with van der Waals surface area (Å²) in [7, 11) is -3.85. The molecule has 0 spiro atoms. The van der Waals surface area contributed by atoms with Gasteiger partial charge in [0.1, 0.15) is 0 Å². The zero-order valence-electron chi connectivity index (χ0n) is 15.3. The summed E-state index contributed by atoms with van der Waals surface area (Å²) in [5, 5.41) is 8.62. The summed E-state index contributed by atoms with van der Waals surface area (Å²) < 4.78 is 25.2. The SMILES string of the molecule is C=CCn1c(SCC(=O)Nc2ccc(C)c(S(N)(=O)=O)c2)nc2ccccc21. The average Bonchev–Trinajstić information content (AvgIpc) is 2.99. The molecule has 3 rings (SSSR count). The molecule has 0 saturated carbocycles. The fraction of sp³-hybridized carbons (Fsp3) is 0.158. The summed E-state index contributed by atoms with van der Waals surface area (Å²) in [4.78, 5) is 16.9. The number of hydrogen-bond donors (Lipinski definition) is 2. The van der Waals surface area contributed by atoms with Crippen molar-refractivity contribution in [2.75, 3.05) is 11.1 Å². The second-order valence-electron chi connectivity index (χ2n) is 6.14. The Hall–Kier alpha value is -2.62. The molecular formula is C19H20N4O3S2. The molecule has 0 unspecified atom stereocenters. The lowest BCUT2D eigenvalue weighted by Gasteiger charge is -2.09. The molecule has 9 heteroatoms. The summed E-state index contributed by atoms with van der Waals surface area (Å²) in [6.07, 6.45) is 1.78. The van der Waals surface area contributed by atoms with Gasteiger partial charge in [-0.2, -0.15) is 0 Å². The predicted molar refractivity (Wildman–Crippen MR) is 112 cm³/mol. The normalized spacial score (nSPS) is 11.5. The van der Waals surface area contributed by atoms with Gasteiger partial charge >= 0.3 is 0 Å². The summed E-state index contributed by atoms with van der Waals surface area (Å²) in [6, 6.07) is 12.3. The van der Waals surface area contributed by atoms with Crippen LogP contribution in [0.15, 0.2) is 65.2 Å². The minimum Gasteiger partial charge on any atom is -0.325 e. The van der Waals surface area contributed by atoms with E-state index in [0.29, 0.717) is 23.0 Å². The van der Waals surface area contributed by atoms with Crippen LogP contribution in [0.3, 0.4) is 0 Å². The Labute approximate surface area is 167 Å².